The molecule has 0 fully saturated rings. The Balaban J connectivity index is 2.41. The fraction of sp³-hybridized carbons (Fsp3) is 0.533. The fourth-order valence-electron chi connectivity index (χ4n) is 1.47. The topological polar surface area (TPSA) is 58.6 Å². The van der Waals surface area contributed by atoms with Gasteiger partial charge in [-0.15, -0.1) is 0 Å². The van der Waals surface area contributed by atoms with Gasteiger partial charge in [-0.05, 0) is 24.3 Å². The van der Waals surface area contributed by atoms with Crippen molar-refractivity contribution in [1.29, 1.82) is 0 Å². The highest BCUT2D eigenvalue weighted by Gasteiger charge is 2.30. The molecule has 0 aliphatic carbocycles. The molecule has 1 unspecified atom stereocenters. The second-order valence-electron chi connectivity index (χ2n) is 5.95. The van der Waals surface area contributed by atoms with Crippen molar-refractivity contribution < 1.29 is 27.8 Å². The molecule has 4 nitrogen and oxygen atoms in total. The summed E-state index contributed by atoms with van der Waals surface area (Å²) in [6.07, 6.45) is -5.34. The number of carbonyl (C=O) groups excluding carboxylic acids is 1. The number of alkyl halides is 3. The van der Waals surface area contributed by atoms with Crippen molar-refractivity contribution in [2.75, 3.05) is 13.2 Å². The molecule has 0 heterocycles. The van der Waals surface area contributed by atoms with Gasteiger partial charge in [0.2, 0.25) is 5.91 Å². The van der Waals surface area contributed by atoms with Crippen molar-refractivity contribution in [1.82, 2.24) is 5.32 Å². The van der Waals surface area contributed by atoms with Crippen molar-refractivity contribution in [3.8, 4) is 5.75 Å². The van der Waals surface area contributed by atoms with E-state index >= 15 is 0 Å². The van der Waals surface area contributed by atoms with Crippen LogP contribution in [0.5, 0.6) is 5.75 Å². The molecule has 2 N–H and O–H groups in total. The Hall–Kier alpha value is -1.76. The predicted octanol–water partition coefficient (Wildman–Crippen LogP) is 2.61. The number of ether oxygens (including phenoxy) is 1. The molecule has 0 saturated heterocycles. The van der Waals surface area contributed by atoms with Crippen LogP contribution in [0.4, 0.5) is 13.2 Å². The normalized spacial score (nSPS) is 13.6. The van der Waals surface area contributed by atoms with Crippen LogP contribution in [0.25, 0.3) is 0 Å². The molecule has 22 heavy (non-hydrogen) atoms. The number of rotatable bonds is 5. The van der Waals surface area contributed by atoms with Crippen LogP contribution in [-0.2, 0) is 11.0 Å². The first-order valence-corrected chi connectivity index (χ1v) is 6.76. The number of hydrogen-bond donors (Lipinski definition) is 2. The molecule has 0 radical (unpaired) electrons. The summed E-state index contributed by atoms with van der Waals surface area (Å²) in [7, 11) is 0. The van der Waals surface area contributed by atoms with Crippen LogP contribution in [0.2, 0.25) is 0 Å². The molecule has 0 aromatic heterocycles. The Morgan fingerprint density at radius 2 is 1.77 bits per heavy atom. The van der Waals surface area contributed by atoms with E-state index in [4.69, 9.17) is 4.74 Å². The van der Waals surface area contributed by atoms with Crippen LogP contribution >= 0.6 is 0 Å². The molecule has 124 valence electrons. The maximum atomic E-state index is 12.4. The maximum Gasteiger partial charge on any atom is 0.416 e. The second-order valence-corrected chi connectivity index (χ2v) is 5.95. The Morgan fingerprint density at radius 1 is 1.23 bits per heavy atom. The number of nitrogens with one attached hydrogen (secondary N) is 1. The van der Waals surface area contributed by atoms with E-state index in [0.717, 1.165) is 12.1 Å². The van der Waals surface area contributed by atoms with Gasteiger partial charge in [-0.2, -0.15) is 13.2 Å². The smallest absolute Gasteiger partial charge is 0.416 e. The van der Waals surface area contributed by atoms with Crippen LogP contribution in [0.3, 0.4) is 0 Å². The quantitative estimate of drug-likeness (QED) is 0.877. The number of hydrogen-bond acceptors (Lipinski definition) is 3. The average molecular weight is 319 g/mol. The zero-order chi connectivity index (χ0) is 17.0. The first kappa shape index (κ1) is 18.3. The minimum atomic E-state index is -4.39. The molecule has 1 atom stereocenters. The molecule has 1 rings (SSSR count). The lowest BCUT2D eigenvalue weighted by Gasteiger charge is -2.19. The number of aliphatic hydroxyl groups excluding tert-OH is 1. The predicted molar refractivity (Wildman–Crippen MR) is 75.4 cm³/mol. The number of aliphatic hydroxyl groups is 1. The van der Waals surface area contributed by atoms with E-state index in [1.54, 1.807) is 20.8 Å². The molecule has 7 heteroatoms. The molecule has 0 bridgehead atoms. The highest BCUT2D eigenvalue weighted by molar-refractivity contribution is 5.81. The lowest BCUT2D eigenvalue weighted by Crippen LogP contribution is -2.40. The van der Waals surface area contributed by atoms with Crippen molar-refractivity contribution in [2.24, 2.45) is 5.41 Å². The highest BCUT2D eigenvalue weighted by atomic mass is 19.4. The third-order valence-corrected chi connectivity index (χ3v) is 2.80. The van der Waals surface area contributed by atoms with Crippen molar-refractivity contribution in [3.05, 3.63) is 29.8 Å². The molecule has 1 amide bonds. The van der Waals surface area contributed by atoms with Crippen molar-refractivity contribution in [2.45, 2.75) is 33.1 Å². The van der Waals surface area contributed by atoms with Crippen LogP contribution in [0.15, 0.2) is 24.3 Å². The lowest BCUT2D eigenvalue weighted by atomic mass is 9.96. The summed E-state index contributed by atoms with van der Waals surface area (Å²) in [5.41, 5.74) is -1.33. The summed E-state index contributed by atoms with van der Waals surface area (Å²) in [6.45, 7) is 5.11. The van der Waals surface area contributed by atoms with Gasteiger partial charge in [0, 0.05) is 12.0 Å². The molecule has 0 aliphatic rings. The fourth-order valence-corrected chi connectivity index (χ4v) is 1.47. The van der Waals surface area contributed by atoms with E-state index in [9.17, 15) is 23.1 Å². The number of amides is 1. The third kappa shape index (κ3) is 5.93. The highest BCUT2D eigenvalue weighted by Crippen LogP contribution is 2.30. The monoisotopic (exact) mass is 319 g/mol. The minimum Gasteiger partial charge on any atom is -0.491 e. The van der Waals surface area contributed by atoms with Gasteiger partial charge < -0.3 is 15.2 Å². The molecule has 1 aromatic carbocycles. The van der Waals surface area contributed by atoms with E-state index in [2.05, 4.69) is 5.32 Å². The van der Waals surface area contributed by atoms with E-state index in [1.165, 1.54) is 12.1 Å². The summed E-state index contributed by atoms with van der Waals surface area (Å²) < 4.78 is 42.3. The Kier molecular flexibility index (Phi) is 5.82. The SMILES string of the molecule is CC(C)(C)C(=O)NCC(O)COc1ccc(C(F)(F)F)cc1. The molecular formula is C15H20F3NO3. The summed E-state index contributed by atoms with van der Waals surface area (Å²) in [5, 5.41) is 12.3. The van der Waals surface area contributed by atoms with Crippen LogP contribution in [0.1, 0.15) is 26.3 Å². The Morgan fingerprint density at radius 3 is 2.23 bits per heavy atom. The van der Waals surface area contributed by atoms with Gasteiger partial charge in [0.25, 0.3) is 0 Å². The van der Waals surface area contributed by atoms with Gasteiger partial charge in [-0.1, -0.05) is 20.8 Å². The summed E-state index contributed by atoms with van der Waals surface area (Å²) >= 11 is 0. The van der Waals surface area contributed by atoms with Crippen LogP contribution in [0, 0.1) is 5.41 Å². The molecule has 0 aliphatic heterocycles. The van der Waals surface area contributed by atoms with Gasteiger partial charge in [-0.3, -0.25) is 4.79 Å². The van der Waals surface area contributed by atoms with Crippen molar-refractivity contribution >= 4 is 5.91 Å². The third-order valence-electron chi connectivity index (χ3n) is 2.80. The molecule has 0 spiro atoms. The average Bonchev–Trinajstić information content (AvgIpc) is 2.40. The number of carbonyl (C=O) groups is 1. The van der Waals surface area contributed by atoms with Crippen molar-refractivity contribution in [3.63, 3.8) is 0 Å². The summed E-state index contributed by atoms with van der Waals surface area (Å²) in [5.74, 6) is 0.00952. The zero-order valence-electron chi connectivity index (χ0n) is 12.7. The number of halogens is 3. The lowest BCUT2D eigenvalue weighted by molar-refractivity contribution is -0.137. The van der Waals surface area contributed by atoms with E-state index in [-0.39, 0.29) is 24.8 Å². The largest absolute Gasteiger partial charge is 0.491 e. The Bertz CT molecular complexity index is 492. The van der Waals surface area contributed by atoms with Gasteiger partial charge in [0.05, 0.1) is 5.56 Å². The molecule has 1 aromatic rings. The van der Waals surface area contributed by atoms with Gasteiger partial charge in [0.15, 0.2) is 0 Å². The van der Waals surface area contributed by atoms with E-state index in [0.29, 0.717) is 0 Å². The van der Waals surface area contributed by atoms with Crippen LogP contribution < -0.4 is 10.1 Å². The first-order valence-electron chi connectivity index (χ1n) is 6.76. The standard InChI is InChI=1S/C15H20F3NO3/c1-14(2,3)13(21)19-8-11(20)9-22-12-6-4-10(5-7-12)15(16,17)18/h4-7,11,20H,8-9H2,1-3H3,(H,19,21). The zero-order valence-corrected chi connectivity index (χ0v) is 12.7. The van der Waals surface area contributed by atoms with Gasteiger partial charge in [-0.25, -0.2) is 0 Å². The first-order chi connectivity index (χ1) is 10.00. The summed E-state index contributed by atoms with van der Waals surface area (Å²) in [4.78, 5) is 11.6. The summed E-state index contributed by atoms with van der Waals surface area (Å²) in [6, 6.07) is 4.18. The maximum absolute atomic E-state index is 12.4. The van der Waals surface area contributed by atoms with Gasteiger partial charge >= 0.3 is 6.18 Å². The van der Waals surface area contributed by atoms with E-state index in [1.807, 2.05) is 0 Å². The Labute approximate surface area is 127 Å². The number of benzene rings is 1. The van der Waals surface area contributed by atoms with Gasteiger partial charge in [0.1, 0.15) is 18.5 Å². The molecular weight excluding hydrogens is 299 g/mol. The molecule has 0 saturated carbocycles. The van der Waals surface area contributed by atoms with Crippen LogP contribution in [-0.4, -0.2) is 30.3 Å². The van der Waals surface area contributed by atoms with E-state index < -0.39 is 23.3 Å². The second kappa shape index (κ2) is 7.00. The minimum absolute atomic E-state index is 0.0107.